The number of hydrogen-bond acceptors (Lipinski definition) is 5. The van der Waals surface area contributed by atoms with Crippen LogP contribution in [0.5, 0.6) is 0 Å². The van der Waals surface area contributed by atoms with Gasteiger partial charge in [-0.2, -0.15) is 0 Å². The summed E-state index contributed by atoms with van der Waals surface area (Å²) in [5.41, 5.74) is 4.40. The SMILES string of the molecule is [2H]c1c([2H])c([2H])c(-c2nc(-c3ccc4c(c3)sc3ccc(-n5c6ccccc6c6ccc7c8ccccc8oc7c65)cc34)nc(-c3c([2H])c([2H])c([2H])c([2H])c3[2H])n2)c([2H])c1[2H]. The van der Waals surface area contributed by atoms with E-state index >= 15 is 0 Å². The maximum atomic E-state index is 8.66. The standard InChI is InChI=1S/C45H26N4OS/c1-3-11-27(12-4-1)43-46-44(28-13-5-2-6-14-28)48-45(47-43)29-19-21-33-36-26-30(20-24-39(36)51-40(33)25-29)49-37-17-9-7-15-31(37)34-22-23-35-32-16-8-10-18-38(32)50-42(35)41(34)49/h1-26H/i1D,2D,3D,4D,5D,6D,11D,12D,13D,14D. The lowest BCUT2D eigenvalue weighted by Gasteiger charge is -2.09. The predicted molar refractivity (Wildman–Crippen MR) is 211 cm³/mol. The van der Waals surface area contributed by atoms with Crippen LogP contribution < -0.4 is 0 Å². The fraction of sp³-hybridized carbons (Fsp3) is 0. The third-order valence-electron chi connectivity index (χ3n) is 9.23. The van der Waals surface area contributed by atoms with Crippen molar-refractivity contribution < 1.29 is 18.1 Å². The zero-order valence-electron chi connectivity index (χ0n) is 36.3. The largest absolute Gasteiger partial charge is 0.454 e. The van der Waals surface area contributed by atoms with Crippen LogP contribution in [0.2, 0.25) is 0 Å². The van der Waals surface area contributed by atoms with Crippen molar-refractivity contribution >= 4 is 75.3 Å². The average molecular weight is 681 g/mol. The van der Waals surface area contributed by atoms with Gasteiger partial charge in [-0.15, -0.1) is 11.3 Å². The zero-order valence-corrected chi connectivity index (χ0v) is 27.2. The van der Waals surface area contributed by atoms with E-state index in [0.717, 1.165) is 69.6 Å². The van der Waals surface area contributed by atoms with Crippen LogP contribution in [0.3, 0.4) is 0 Å². The van der Waals surface area contributed by atoms with Crippen LogP contribution in [0.25, 0.3) is 104 Å². The Kier molecular flexibility index (Phi) is 4.32. The molecular formula is C45H26N4OS. The van der Waals surface area contributed by atoms with Gasteiger partial charge in [-0.25, -0.2) is 15.0 Å². The molecule has 7 aromatic carbocycles. The van der Waals surface area contributed by atoms with Crippen LogP contribution in [-0.2, 0) is 0 Å². The second-order valence-corrected chi connectivity index (χ2v) is 13.2. The summed E-state index contributed by atoms with van der Waals surface area (Å²) < 4.78 is 94.7. The molecule has 6 heteroatoms. The molecule has 0 unspecified atom stereocenters. The van der Waals surface area contributed by atoms with Crippen LogP contribution in [0, 0.1) is 0 Å². The zero-order chi connectivity index (χ0) is 42.2. The van der Waals surface area contributed by atoms with Crippen LogP contribution in [0.4, 0.5) is 0 Å². The molecule has 0 N–H and O–H groups in total. The number of hydrogen-bond donors (Lipinski definition) is 0. The molecule has 51 heavy (non-hydrogen) atoms. The van der Waals surface area contributed by atoms with Gasteiger partial charge in [0.05, 0.1) is 24.7 Å². The minimum Gasteiger partial charge on any atom is -0.454 e. The number of para-hydroxylation sites is 2. The third kappa shape index (κ3) is 4.37. The maximum absolute atomic E-state index is 8.66. The number of rotatable bonds is 4. The lowest BCUT2D eigenvalue weighted by atomic mass is 10.1. The highest BCUT2D eigenvalue weighted by molar-refractivity contribution is 7.25. The minimum atomic E-state index is -0.601. The molecule has 0 aliphatic heterocycles. The summed E-state index contributed by atoms with van der Waals surface area (Å²) in [7, 11) is 0. The molecule has 4 aromatic heterocycles. The highest BCUT2D eigenvalue weighted by Crippen LogP contribution is 2.42. The monoisotopic (exact) mass is 680 g/mol. The summed E-state index contributed by atoms with van der Waals surface area (Å²) >= 11 is 1.55. The predicted octanol–water partition coefficient (Wildman–Crippen LogP) is 12.2. The van der Waals surface area contributed by atoms with Crippen molar-refractivity contribution in [3.05, 3.63) is 157 Å². The number of aromatic nitrogens is 4. The van der Waals surface area contributed by atoms with Crippen molar-refractivity contribution in [2.45, 2.75) is 0 Å². The average Bonchev–Trinajstić information content (AvgIpc) is 3.95. The summed E-state index contributed by atoms with van der Waals surface area (Å²) in [6.45, 7) is 0. The molecule has 0 aliphatic rings. The molecule has 0 saturated heterocycles. The summed E-state index contributed by atoms with van der Waals surface area (Å²) in [5, 5.41) is 6.20. The molecule has 0 aliphatic carbocycles. The Labute approximate surface area is 309 Å². The molecule has 11 rings (SSSR count). The van der Waals surface area contributed by atoms with Gasteiger partial charge in [0, 0.05) is 64.1 Å². The van der Waals surface area contributed by atoms with E-state index in [0.29, 0.717) is 5.56 Å². The maximum Gasteiger partial charge on any atom is 0.164 e. The van der Waals surface area contributed by atoms with Gasteiger partial charge in [-0.3, -0.25) is 0 Å². The molecule has 0 radical (unpaired) electrons. The Morgan fingerprint density at radius 2 is 1.16 bits per heavy atom. The van der Waals surface area contributed by atoms with E-state index < -0.39 is 60.4 Å². The van der Waals surface area contributed by atoms with Crippen LogP contribution in [0.1, 0.15) is 13.7 Å². The number of fused-ring (bicyclic) bond motifs is 10. The fourth-order valence-corrected chi connectivity index (χ4v) is 8.12. The van der Waals surface area contributed by atoms with Gasteiger partial charge in [0.2, 0.25) is 0 Å². The van der Waals surface area contributed by atoms with Crippen molar-refractivity contribution in [2.24, 2.45) is 0 Å². The molecule has 0 amide bonds. The van der Waals surface area contributed by atoms with E-state index in [1.807, 2.05) is 42.5 Å². The van der Waals surface area contributed by atoms with Crippen molar-refractivity contribution in [3.8, 4) is 39.9 Å². The van der Waals surface area contributed by atoms with Gasteiger partial charge >= 0.3 is 0 Å². The molecule has 5 nitrogen and oxygen atoms in total. The number of nitrogens with zero attached hydrogens (tertiary/aromatic N) is 4. The van der Waals surface area contributed by atoms with Crippen LogP contribution in [-0.4, -0.2) is 19.5 Å². The first-order valence-electron chi connectivity index (χ1n) is 21.1. The van der Waals surface area contributed by atoms with Gasteiger partial charge in [-0.05, 0) is 42.5 Å². The molecule has 0 fully saturated rings. The second-order valence-electron chi connectivity index (χ2n) is 12.1. The summed E-state index contributed by atoms with van der Waals surface area (Å²) in [6.07, 6.45) is 0. The molecule has 238 valence electrons. The Hall–Kier alpha value is -6.63. The highest BCUT2D eigenvalue weighted by Gasteiger charge is 2.20. The first kappa shape index (κ1) is 20.1. The quantitative estimate of drug-likeness (QED) is 0.186. The second kappa shape index (κ2) is 10.9. The van der Waals surface area contributed by atoms with Crippen molar-refractivity contribution in [1.29, 1.82) is 0 Å². The van der Waals surface area contributed by atoms with Gasteiger partial charge in [0.1, 0.15) is 5.58 Å². The Morgan fingerprint density at radius 3 is 1.92 bits per heavy atom. The number of furan rings is 1. The molecule has 4 heterocycles. The smallest absolute Gasteiger partial charge is 0.164 e. The number of benzene rings is 7. The Balaban J connectivity index is 1.12. The summed E-state index contributed by atoms with van der Waals surface area (Å²) in [4.78, 5) is 13.6. The number of thiophene rings is 1. The van der Waals surface area contributed by atoms with Gasteiger partial charge < -0.3 is 8.98 Å². The summed E-state index contributed by atoms with van der Waals surface area (Å²) in [6, 6.07) is 26.7. The van der Waals surface area contributed by atoms with Crippen molar-refractivity contribution in [2.75, 3.05) is 0 Å². The Bertz CT molecular complexity index is 3600. The van der Waals surface area contributed by atoms with Crippen molar-refractivity contribution in [3.63, 3.8) is 0 Å². The first-order valence-corrected chi connectivity index (χ1v) is 16.9. The van der Waals surface area contributed by atoms with E-state index in [2.05, 4.69) is 68.0 Å². The summed E-state index contributed by atoms with van der Waals surface area (Å²) in [5.74, 6) is -0.608. The molecule has 0 saturated carbocycles. The molecule has 0 spiro atoms. The lowest BCUT2D eigenvalue weighted by molar-refractivity contribution is 0.671. The van der Waals surface area contributed by atoms with E-state index in [-0.39, 0.29) is 28.6 Å². The fourth-order valence-electron chi connectivity index (χ4n) is 6.99. The topological polar surface area (TPSA) is 56.7 Å². The van der Waals surface area contributed by atoms with Crippen molar-refractivity contribution in [1.82, 2.24) is 19.5 Å². The minimum absolute atomic E-state index is 0.0128. The molecule has 0 atom stereocenters. The van der Waals surface area contributed by atoms with Crippen LogP contribution in [0.15, 0.2) is 162 Å². The van der Waals surface area contributed by atoms with E-state index in [1.54, 1.807) is 17.4 Å². The van der Waals surface area contributed by atoms with Crippen LogP contribution >= 0.6 is 11.3 Å². The van der Waals surface area contributed by atoms with Gasteiger partial charge in [0.15, 0.2) is 23.1 Å². The normalized spacial score (nSPS) is 14.7. The lowest BCUT2D eigenvalue weighted by Crippen LogP contribution is -1.99. The molecule has 11 aromatic rings. The van der Waals surface area contributed by atoms with Gasteiger partial charge in [0.25, 0.3) is 0 Å². The third-order valence-corrected chi connectivity index (χ3v) is 10.4. The molecular weight excluding hydrogens is 645 g/mol. The highest BCUT2D eigenvalue weighted by atomic mass is 32.1. The molecule has 0 bridgehead atoms. The van der Waals surface area contributed by atoms with E-state index in [1.165, 1.54) is 0 Å². The van der Waals surface area contributed by atoms with E-state index in [4.69, 9.17) is 18.1 Å². The van der Waals surface area contributed by atoms with E-state index in [9.17, 15) is 0 Å². The Morgan fingerprint density at radius 1 is 0.510 bits per heavy atom. The first-order chi connectivity index (χ1) is 29.4. The van der Waals surface area contributed by atoms with Gasteiger partial charge in [-0.1, -0.05) is 115 Å².